The maximum Gasteiger partial charge on any atom is 0.320 e. The van der Waals surface area contributed by atoms with Gasteiger partial charge in [0.15, 0.2) is 5.58 Å². The smallest absolute Gasteiger partial charge is 0.320 e. The van der Waals surface area contributed by atoms with Crippen molar-refractivity contribution in [2.75, 3.05) is 6.54 Å². The fourth-order valence-corrected chi connectivity index (χ4v) is 5.44. The van der Waals surface area contributed by atoms with Crippen molar-refractivity contribution in [2.24, 2.45) is 0 Å². The van der Waals surface area contributed by atoms with Gasteiger partial charge in [0, 0.05) is 0 Å². The lowest BCUT2D eigenvalue weighted by Gasteiger charge is -2.41. The highest BCUT2D eigenvalue weighted by Crippen LogP contribution is 2.47. The third kappa shape index (κ3) is 2.88. The van der Waals surface area contributed by atoms with E-state index in [-0.39, 0.29) is 6.04 Å². The van der Waals surface area contributed by atoms with Crippen molar-refractivity contribution in [3.05, 3.63) is 77.4 Å². The van der Waals surface area contributed by atoms with Gasteiger partial charge in [-0.3, -0.25) is 9.69 Å². The Balaban J connectivity index is 1.68. The number of aliphatic carboxylic acids is 1. The monoisotopic (exact) mass is 424 g/mol. The van der Waals surface area contributed by atoms with E-state index in [0.29, 0.717) is 12.3 Å². The van der Waals surface area contributed by atoms with E-state index in [1.165, 1.54) is 0 Å². The number of likely N-dealkylation sites (tertiary alicyclic amines) is 1. The van der Waals surface area contributed by atoms with Crippen molar-refractivity contribution in [1.29, 1.82) is 0 Å². The minimum atomic E-state index is -0.748. The Kier molecular flexibility index (Phi) is 4.40. The van der Waals surface area contributed by atoms with E-state index in [1.54, 1.807) is 0 Å². The van der Waals surface area contributed by atoms with Crippen LogP contribution in [0.15, 0.2) is 65.1 Å². The number of piperidine rings is 1. The lowest BCUT2D eigenvalue weighted by Crippen LogP contribution is -2.47. The fourth-order valence-electron chi connectivity index (χ4n) is 5.44. The Labute approximate surface area is 186 Å². The topological polar surface area (TPSA) is 66.6 Å². The molecule has 0 radical (unpaired) electrons. The van der Waals surface area contributed by atoms with E-state index in [9.17, 15) is 9.90 Å². The summed E-state index contributed by atoms with van der Waals surface area (Å²) in [6, 6.07) is 20.0. The maximum atomic E-state index is 12.3. The number of carbonyl (C=O) groups is 1. The van der Waals surface area contributed by atoms with Crippen molar-refractivity contribution >= 4 is 17.1 Å². The number of carboxylic acid groups (broad SMARTS) is 1. The van der Waals surface area contributed by atoms with Gasteiger partial charge in [0.25, 0.3) is 0 Å². The molecule has 2 aliphatic heterocycles. The summed E-state index contributed by atoms with van der Waals surface area (Å²) in [6.45, 7) is 2.85. The second-order valence-corrected chi connectivity index (χ2v) is 8.82. The van der Waals surface area contributed by atoms with Crippen LogP contribution in [0.25, 0.3) is 33.7 Å². The van der Waals surface area contributed by atoms with Crippen LogP contribution in [-0.2, 0) is 4.79 Å². The van der Waals surface area contributed by atoms with E-state index >= 15 is 0 Å². The first-order valence-corrected chi connectivity index (χ1v) is 11.2. The molecule has 1 fully saturated rings. The average Bonchev–Trinajstić information content (AvgIpc) is 3.26. The molecule has 1 N–H and O–H groups in total. The summed E-state index contributed by atoms with van der Waals surface area (Å²) in [5.74, 6) is -0.148. The van der Waals surface area contributed by atoms with Crippen LogP contribution in [0.4, 0.5) is 0 Å². The number of hydrogen-bond donors (Lipinski definition) is 1. The number of oxazole rings is 1. The highest BCUT2D eigenvalue weighted by molar-refractivity contribution is 5.88. The molecule has 5 nitrogen and oxygen atoms in total. The molecular formula is C27H24N2O3. The molecule has 1 unspecified atom stereocenters. The lowest BCUT2D eigenvalue weighted by molar-refractivity contribution is -0.145. The summed E-state index contributed by atoms with van der Waals surface area (Å²) in [7, 11) is 0. The number of aromatic nitrogens is 1. The second-order valence-electron chi connectivity index (χ2n) is 8.82. The van der Waals surface area contributed by atoms with Crippen molar-refractivity contribution in [3.63, 3.8) is 0 Å². The molecule has 1 saturated heterocycles. The van der Waals surface area contributed by atoms with Gasteiger partial charge in [-0.2, -0.15) is 0 Å². The zero-order valence-electron chi connectivity index (χ0n) is 17.9. The first-order chi connectivity index (χ1) is 15.6. The molecule has 3 heterocycles. The van der Waals surface area contributed by atoms with E-state index in [4.69, 9.17) is 9.40 Å². The first kappa shape index (κ1) is 19.3. The highest BCUT2D eigenvalue weighted by atomic mass is 16.4. The molecule has 0 spiro atoms. The van der Waals surface area contributed by atoms with Crippen LogP contribution in [0.2, 0.25) is 0 Å². The molecule has 32 heavy (non-hydrogen) atoms. The van der Waals surface area contributed by atoms with E-state index in [1.807, 2.05) is 24.3 Å². The second kappa shape index (κ2) is 7.31. The molecular weight excluding hydrogens is 400 g/mol. The van der Waals surface area contributed by atoms with Gasteiger partial charge in [0.1, 0.15) is 11.6 Å². The first-order valence-electron chi connectivity index (χ1n) is 11.2. The van der Waals surface area contributed by atoms with Gasteiger partial charge in [0.2, 0.25) is 5.89 Å². The Morgan fingerprint density at radius 1 is 1.09 bits per heavy atom. The molecule has 0 aliphatic carbocycles. The zero-order valence-corrected chi connectivity index (χ0v) is 17.9. The van der Waals surface area contributed by atoms with Crippen LogP contribution >= 0.6 is 0 Å². The summed E-state index contributed by atoms with van der Waals surface area (Å²) >= 11 is 0. The average molecular weight is 425 g/mol. The summed E-state index contributed by atoms with van der Waals surface area (Å²) < 4.78 is 6.25. The standard InChI is InChI=1S/C27H24N2O3/c1-16-10-12-19(17-7-3-2-4-8-17)24-23(16)25(29-14-6-5-9-21(29)27(30)31)18-11-13-22-20(15-18)28-26(24)32-22/h2-4,7-8,10-13,15,21,25H,5-6,9,14H2,1H3,(H,30,31)/t21?,25-/m0/s1. The Bertz CT molecular complexity index is 1340. The van der Waals surface area contributed by atoms with Gasteiger partial charge in [-0.1, -0.05) is 55.0 Å². The summed E-state index contributed by atoms with van der Waals surface area (Å²) in [5, 5.41) is 10.1. The number of benzene rings is 3. The van der Waals surface area contributed by atoms with Gasteiger partial charge >= 0.3 is 5.97 Å². The molecule has 6 rings (SSSR count). The predicted molar refractivity (Wildman–Crippen MR) is 123 cm³/mol. The molecule has 4 aromatic rings. The predicted octanol–water partition coefficient (Wildman–Crippen LogP) is 5.81. The number of fused-ring (bicyclic) bond motifs is 4. The van der Waals surface area contributed by atoms with Crippen LogP contribution in [0.3, 0.4) is 0 Å². The van der Waals surface area contributed by atoms with Crippen molar-refractivity contribution in [1.82, 2.24) is 9.88 Å². The molecule has 3 bridgehead atoms. The van der Waals surface area contributed by atoms with Crippen LogP contribution in [0.5, 0.6) is 0 Å². The number of rotatable bonds is 3. The fraction of sp³-hybridized carbons (Fsp3) is 0.259. The summed E-state index contributed by atoms with van der Waals surface area (Å²) in [4.78, 5) is 19.3. The lowest BCUT2D eigenvalue weighted by atomic mass is 9.83. The van der Waals surface area contributed by atoms with Gasteiger partial charge in [-0.05, 0) is 66.3 Å². The van der Waals surface area contributed by atoms with Crippen LogP contribution < -0.4 is 0 Å². The van der Waals surface area contributed by atoms with Gasteiger partial charge in [0.05, 0.1) is 11.6 Å². The molecule has 3 aromatic carbocycles. The van der Waals surface area contributed by atoms with Crippen LogP contribution in [0.1, 0.15) is 42.0 Å². The third-order valence-electron chi connectivity index (χ3n) is 6.92. The van der Waals surface area contributed by atoms with Crippen molar-refractivity contribution < 1.29 is 14.3 Å². The molecule has 5 heteroatoms. The Hall–Kier alpha value is -3.44. The minimum absolute atomic E-state index is 0.171. The van der Waals surface area contributed by atoms with E-state index in [2.05, 4.69) is 48.2 Å². The third-order valence-corrected chi connectivity index (χ3v) is 6.92. The summed E-state index contributed by atoms with van der Waals surface area (Å²) in [6.07, 6.45) is 2.60. The molecule has 1 aromatic heterocycles. The van der Waals surface area contributed by atoms with Crippen LogP contribution in [-0.4, -0.2) is 33.5 Å². The quantitative estimate of drug-likeness (QED) is 0.449. The number of aryl methyl sites for hydroxylation is 1. The molecule has 0 saturated carbocycles. The van der Waals surface area contributed by atoms with E-state index < -0.39 is 12.0 Å². The minimum Gasteiger partial charge on any atom is -0.480 e. The zero-order chi connectivity index (χ0) is 21.8. The van der Waals surface area contributed by atoms with Crippen molar-refractivity contribution in [3.8, 4) is 22.6 Å². The largest absolute Gasteiger partial charge is 0.480 e. The van der Waals surface area contributed by atoms with Crippen LogP contribution in [0, 0.1) is 6.92 Å². The number of hydrogen-bond acceptors (Lipinski definition) is 4. The molecule has 160 valence electrons. The highest BCUT2D eigenvalue weighted by Gasteiger charge is 2.39. The van der Waals surface area contributed by atoms with Gasteiger partial charge in [-0.25, -0.2) is 4.98 Å². The Morgan fingerprint density at radius 2 is 1.94 bits per heavy atom. The van der Waals surface area contributed by atoms with E-state index in [0.717, 1.165) is 63.9 Å². The molecule has 2 atom stereocenters. The normalized spacial score (nSPS) is 20.3. The molecule has 0 amide bonds. The van der Waals surface area contributed by atoms with Crippen molar-refractivity contribution in [2.45, 2.75) is 38.3 Å². The molecule has 2 aliphatic rings. The van der Waals surface area contributed by atoms with Gasteiger partial charge < -0.3 is 9.52 Å². The van der Waals surface area contributed by atoms with Gasteiger partial charge in [-0.15, -0.1) is 0 Å². The number of carboxylic acids is 1. The SMILES string of the molecule is Cc1ccc(-c2ccccc2)c2c1[C@@H](N1CCCCC1C(=O)O)c1ccc3oc-2nc3c1. The Morgan fingerprint density at radius 3 is 2.75 bits per heavy atom. The number of nitrogens with zero attached hydrogens (tertiary/aromatic N) is 2. The maximum absolute atomic E-state index is 12.3. The summed E-state index contributed by atoms with van der Waals surface area (Å²) in [5.41, 5.74) is 7.97.